The minimum atomic E-state index is -0.212. The van der Waals surface area contributed by atoms with Gasteiger partial charge >= 0.3 is 5.97 Å². The van der Waals surface area contributed by atoms with Gasteiger partial charge in [-0.1, -0.05) is 20.8 Å². The second-order valence-electron chi connectivity index (χ2n) is 4.71. The van der Waals surface area contributed by atoms with Crippen LogP contribution in [0.5, 0.6) is 0 Å². The first-order chi connectivity index (χ1) is 5.89. The summed E-state index contributed by atoms with van der Waals surface area (Å²) < 4.78 is 5.12. The molecule has 0 saturated heterocycles. The van der Waals surface area contributed by atoms with E-state index in [9.17, 15) is 4.79 Å². The largest absolute Gasteiger partial charge is 0.432 e. The van der Waals surface area contributed by atoms with Crippen molar-refractivity contribution in [2.45, 2.75) is 40.5 Å². The average Bonchev–Trinajstić information content (AvgIpc) is 1.78. The van der Waals surface area contributed by atoms with Gasteiger partial charge in [-0.2, -0.15) is 0 Å². The maximum atomic E-state index is 10.8. The zero-order valence-corrected chi connectivity index (χ0v) is 8.89. The molecule has 0 aromatic carbocycles. The van der Waals surface area contributed by atoms with Crippen LogP contribution in [0.1, 0.15) is 40.5 Å². The number of hydrogen-bond acceptors (Lipinski definition) is 2. The van der Waals surface area contributed by atoms with Crippen LogP contribution in [0.3, 0.4) is 0 Å². The van der Waals surface area contributed by atoms with Gasteiger partial charge in [0.2, 0.25) is 0 Å². The summed E-state index contributed by atoms with van der Waals surface area (Å²) in [5.41, 5.74) is 0.169. The van der Waals surface area contributed by atoms with Gasteiger partial charge in [0, 0.05) is 13.3 Å². The molecule has 0 aromatic rings. The van der Waals surface area contributed by atoms with Crippen molar-refractivity contribution in [2.75, 3.05) is 0 Å². The van der Waals surface area contributed by atoms with E-state index in [-0.39, 0.29) is 11.4 Å². The van der Waals surface area contributed by atoms with Gasteiger partial charge in [-0.3, -0.25) is 4.79 Å². The molecule has 0 aliphatic heterocycles. The van der Waals surface area contributed by atoms with Gasteiger partial charge in [0.25, 0.3) is 0 Å². The molecule has 0 radical (unpaired) electrons. The lowest BCUT2D eigenvalue weighted by Crippen LogP contribution is -2.20. The van der Waals surface area contributed by atoms with Crippen LogP contribution < -0.4 is 0 Å². The highest BCUT2D eigenvalue weighted by Crippen LogP contribution is 2.36. The summed E-state index contributed by atoms with van der Waals surface area (Å²) in [4.78, 5) is 10.8. The lowest BCUT2D eigenvalue weighted by molar-refractivity contribution is -0.137. The van der Waals surface area contributed by atoms with Crippen molar-refractivity contribution < 1.29 is 9.53 Å². The Morgan fingerprint density at radius 1 is 1.62 bits per heavy atom. The second kappa shape index (κ2) is 3.52. The van der Waals surface area contributed by atoms with Crippen LogP contribution in [-0.4, -0.2) is 5.97 Å². The molecule has 1 unspecified atom stereocenters. The van der Waals surface area contributed by atoms with Crippen molar-refractivity contribution in [1.82, 2.24) is 0 Å². The van der Waals surface area contributed by atoms with Crippen molar-refractivity contribution in [2.24, 2.45) is 11.3 Å². The molecular formula is C11H18O2. The number of ether oxygens (including phenoxy) is 1. The molecule has 0 saturated carbocycles. The fourth-order valence-corrected chi connectivity index (χ4v) is 2.12. The van der Waals surface area contributed by atoms with E-state index in [0.717, 1.165) is 18.6 Å². The number of carbonyl (C=O) groups is 1. The Morgan fingerprint density at radius 3 is 2.69 bits per heavy atom. The summed E-state index contributed by atoms with van der Waals surface area (Å²) in [6, 6.07) is 0. The maximum Gasteiger partial charge on any atom is 0.307 e. The lowest BCUT2D eigenvalue weighted by atomic mass is 9.77. The van der Waals surface area contributed by atoms with Crippen LogP contribution in [0.2, 0.25) is 0 Å². The van der Waals surface area contributed by atoms with E-state index in [2.05, 4.69) is 26.8 Å². The molecule has 1 rings (SSSR count). The molecule has 1 atom stereocenters. The molecule has 0 amide bonds. The molecule has 0 heterocycles. The first-order valence-electron chi connectivity index (χ1n) is 4.79. The second-order valence-corrected chi connectivity index (χ2v) is 4.71. The Labute approximate surface area is 80.0 Å². The van der Waals surface area contributed by atoms with Crippen LogP contribution in [0.4, 0.5) is 0 Å². The number of allylic oxidation sites excluding steroid dienone is 2. The summed E-state index contributed by atoms with van der Waals surface area (Å²) in [6.45, 7) is 7.99. The standard InChI is InChI=1S/C11H18O2/c1-8-5-10(13-9(2)12)7-11(3,4)6-8/h7-8H,5-6H2,1-4H3. The van der Waals surface area contributed by atoms with Gasteiger partial charge in [-0.05, 0) is 23.8 Å². The van der Waals surface area contributed by atoms with Gasteiger partial charge in [0.05, 0.1) is 0 Å². The highest BCUT2D eigenvalue weighted by atomic mass is 16.5. The summed E-state index contributed by atoms with van der Waals surface area (Å²) in [5.74, 6) is 1.24. The van der Waals surface area contributed by atoms with E-state index in [1.165, 1.54) is 6.92 Å². The van der Waals surface area contributed by atoms with Gasteiger partial charge in [-0.15, -0.1) is 0 Å². The quantitative estimate of drug-likeness (QED) is 0.583. The fourth-order valence-electron chi connectivity index (χ4n) is 2.12. The topological polar surface area (TPSA) is 26.3 Å². The minimum absolute atomic E-state index is 0.169. The molecule has 2 heteroatoms. The van der Waals surface area contributed by atoms with Gasteiger partial charge < -0.3 is 4.74 Å². The Kier molecular flexibility index (Phi) is 2.79. The van der Waals surface area contributed by atoms with E-state index in [1.807, 2.05) is 0 Å². The highest BCUT2D eigenvalue weighted by molar-refractivity contribution is 5.67. The van der Waals surface area contributed by atoms with Crippen LogP contribution >= 0.6 is 0 Å². The number of rotatable bonds is 1. The molecule has 0 aromatic heterocycles. The van der Waals surface area contributed by atoms with Crippen LogP contribution in [-0.2, 0) is 9.53 Å². The Morgan fingerprint density at radius 2 is 2.23 bits per heavy atom. The Bertz CT molecular complexity index is 238. The third kappa shape index (κ3) is 3.21. The molecule has 1 aliphatic rings. The van der Waals surface area contributed by atoms with Crippen LogP contribution in [0.15, 0.2) is 11.8 Å². The van der Waals surface area contributed by atoms with E-state index in [0.29, 0.717) is 5.92 Å². The SMILES string of the molecule is CC(=O)OC1=CC(C)(C)CC(C)C1. The predicted molar refractivity (Wildman–Crippen MR) is 52.0 cm³/mol. The molecule has 0 N–H and O–H groups in total. The predicted octanol–water partition coefficient (Wildman–Crippen LogP) is 2.89. The zero-order chi connectivity index (χ0) is 10.1. The smallest absolute Gasteiger partial charge is 0.307 e. The molecule has 1 aliphatic carbocycles. The third-order valence-electron chi connectivity index (χ3n) is 2.25. The molecule has 0 spiro atoms. The van der Waals surface area contributed by atoms with Gasteiger partial charge in [0.15, 0.2) is 0 Å². The van der Waals surface area contributed by atoms with Crippen molar-refractivity contribution in [3.05, 3.63) is 11.8 Å². The lowest BCUT2D eigenvalue weighted by Gasteiger charge is -2.31. The minimum Gasteiger partial charge on any atom is -0.432 e. The highest BCUT2D eigenvalue weighted by Gasteiger charge is 2.26. The fraction of sp³-hybridized carbons (Fsp3) is 0.727. The normalized spacial score (nSPS) is 26.5. The summed E-state index contributed by atoms with van der Waals surface area (Å²) in [7, 11) is 0. The average molecular weight is 182 g/mol. The molecule has 0 bridgehead atoms. The zero-order valence-electron chi connectivity index (χ0n) is 8.89. The van der Waals surface area contributed by atoms with Crippen molar-refractivity contribution in [3.63, 3.8) is 0 Å². The Balaban J connectivity index is 2.73. The first-order valence-corrected chi connectivity index (χ1v) is 4.79. The molecule has 0 fully saturated rings. The Hall–Kier alpha value is -0.790. The number of carbonyl (C=O) groups excluding carboxylic acids is 1. The number of esters is 1. The molecule has 13 heavy (non-hydrogen) atoms. The number of hydrogen-bond donors (Lipinski definition) is 0. The molecule has 74 valence electrons. The van der Waals surface area contributed by atoms with Crippen molar-refractivity contribution in [3.8, 4) is 0 Å². The van der Waals surface area contributed by atoms with Gasteiger partial charge in [-0.25, -0.2) is 0 Å². The summed E-state index contributed by atoms with van der Waals surface area (Å²) in [5, 5.41) is 0. The first kappa shape index (κ1) is 10.3. The summed E-state index contributed by atoms with van der Waals surface area (Å²) >= 11 is 0. The van der Waals surface area contributed by atoms with Gasteiger partial charge in [0.1, 0.15) is 5.76 Å². The molecule has 2 nitrogen and oxygen atoms in total. The van der Waals surface area contributed by atoms with E-state index in [4.69, 9.17) is 4.74 Å². The van der Waals surface area contributed by atoms with E-state index in [1.54, 1.807) is 0 Å². The third-order valence-corrected chi connectivity index (χ3v) is 2.25. The van der Waals surface area contributed by atoms with Crippen LogP contribution in [0, 0.1) is 11.3 Å². The maximum absolute atomic E-state index is 10.8. The van der Waals surface area contributed by atoms with Crippen molar-refractivity contribution >= 4 is 5.97 Å². The van der Waals surface area contributed by atoms with Crippen molar-refractivity contribution in [1.29, 1.82) is 0 Å². The van der Waals surface area contributed by atoms with E-state index >= 15 is 0 Å². The summed E-state index contributed by atoms with van der Waals surface area (Å²) in [6.07, 6.45) is 4.13. The van der Waals surface area contributed by atoms with E-state index < -0.39 is 0 Å². The molecular weight excluding hydrogens is 164 g/mol. The van der Waals surface area contributed by atoms with Crippen LogP contribution in [0.25, 0.3) is 0 Å². The monoisotopic (exact) mass is 182 g/mol.